The third-order valence-electron chi connectivity index (χ3n) is 3.64. The first-order chi connectivity index (χ1) is 7.63. The van der Waals surface area contributed by atoms with E-state index in [1.54, 1.807) is 0 Å². The molecule has 0 radical (unpaired) electrons. The molecule has 0 aromatic carbocycles. The van der Waals surface area contributed by atoms with Crippen molar-refractivity contribution in [3.8, 4) is 0 Å². The van der Waals surface area contributed by atoms with Gasteiger partial charge in [-0.25, -0.2) is 4.79 Å². The van der Waals surface area contributed by atoms with Gasteiger partial charge in [-0.15, -0.1) is 0 Å². The van der Waals surface area contributed by atoms with Crippen LogP contribution in [0.2, 0.25) is 0 Å². The van der Waals surface area contributed by atoms with Crippen LogP contribution < -0.4 is 0 Å². The first-order valence-corrected chi connectivity index (χ1v) is 5.63. The van der Waals surface area contributed by atoms with Crippen molar-refractivity contribution in [1.29, 1.82) is 0 Å². The molecule has 2 fully saturated rings. The van der Waals surface area contributed by atoms with Gasteiger partial charge in [0.15, 0.2) is 0 Å². The Labute approximate surface area is 94.6 Å². The molecule has 4 nitrogen and oxygen atoms in total. The highest BCUT2D eigenvalue weighted by molar-refractivity contribution is 5.81. The third-order valence-corrected chi connectivity index (χ3v) is 3.64. The lowest BCUT2D eigenvalue weighted by molar-refractivity contribution is -0.158. The maximum Gasteiger partial charge on any atom is 0.330 e. The van der Waals surface area contributed by atoms with E-state index >= 15 is 0 Å². The summed E-state index contributed by atoms with van der Waals surface area (Å²) in [5, 5.41) is 0. The number of carbonyl (C=O) groups is 2. The van der Waals surface area contributed by atoms with Crippen LogP contribution in [-0.4, -0.2) is 24.6 Å². The molecule has 1 saturated carbocycles. The highest BCUT2D eigenvalue weighted by Gasteiger charge is 2.48. The molecule has 4 unspecified atom stereocenters. The summed E-state index contributed by atoms with van der Waals surface area (Å²) in [6.07, 6.45) is 2.63. The standard InChI is InChI=1S/C12H16O4/c1-3-10(13)16-9-6-8-4-5-15-12(14)11(8)7(9)2/h3,7-9,11H,1,4-6H2,2H3. The Morgan fingerprint density at radius 3 is 3.00 bits per heavy atom. The SMILES string of the molecule is C=CC(=O)OC1CC2CCOC(=O)C2C1C. The Bertz CT molecular complexity index is 323. The van der Waals surface area contributed by atoms with Gasteiger partial charge in [0, 0.05) is 12.0 Å². The van der Waals surface area contributed by atoms with Crippen LogP contribution in [0, 0.1) is 17.8 Å². The second-order valence-corrected chi connectivity index (χ2v) is 4.52. The summed E-state index contributed by atoms with van der Waals surface area (Å²) >= 11 is 0. The first-order valence-electron chi connectivity index (χ1n) is 5.63. The first kappa shape index (κ1) is 11.2. The fourth-order valence-electron chi connectivity index (χ4n) is 2.78. The average Bonchev–Trinajstić information content (AvgIpc) is 2.57. The van der Waals surface area contributed by atoms with Gasteiger partial charge >= 0.3 is 11.9 Å². The molecule has 0 aromatic rings. The third kappa shape index (κ3) is 1.84. The van der Waals surface area contributed by atoms with E-state index in [2.05, 4.69) is 6.58 Å². The predicted molar refractivity (Wildman–Crippen MR) is 56.4 cm³/mol. The molecule has 16 heavy (non-hydrogen) atoms. The topological polar surface area (TPSA) is 52.6 Å². The summed E-state index contributed by atoms with van der Waals surface area (Å²) < 4.78 is 10.3. The van der Waals surface area contributed by atoms with Crippen LogP contribution in [0.15, 0.2) is 12.7 Å². The zero-order valence-corrected chi connectivity index (χ0v) is 9.35. The number of hydrogen-bond acceptors (Lipinski definition) is 4. The van der Waals surface area contributed by atoms with Crippen molar-refractivity contribution >= 4 is 11.9 Å². The van der Waals surface area contributed by atoms with Crippen LogP contribution in [0.3, 0.4) is 0 Å². The van der Waals surface area contributed by atoms with Crippen LogP contribution in [0.5, 0.6) is 0 Å². The smallest absolute Gasteiger partial charge is 0.330 e. The highest BCUT2D eigenvalue weighted by Crippen LogP contribution is 2.43. The Kier molecular flexibility index (Phi) is 2.99. The second-order valence-electron chi connectivity index (χ2n) is 4.52. The molecule has 0 amide bonds. The van der Waals surface area contributed by atoms with Crippen LogP contribution in [0.25, 0.3) is 0 Å². The van der Waals surface area contributed by atoms with E-state index in [9.17, 15) is 9.59 Å². The van der Waals surface area contributed by atoms with Crippen molar-refractivity contribution in [3.63, 3.8) is 0 Å². The molecule has 4 heteroatoms. The summed E-state index contributed by atoms with van der Waals surface area (Å²) in [5.74, 6) is -0.304. The Morgan fingerprint density at radius 1 is 1.62 bits per heavy atom. The monoisotopic (exact) mass is 224 g/mol. The van der Waals surface area contributed by atoms with Crippen molar-refractivity contribution in [2.45, 2.75) is 25.9 Å². The van der Waals surface area contributed by atoms with Crippen molar-refractivity contribution in [2.75, 3.05) is 6.61 Å². The van der Waals surface area contributed by atoms with E-state index in [1.807, 2.05) is 6.92 Å². The van der Waals surface area contributed by atoms with E-state index in [1.165, 1.54) is 0 Å². The van der Waals surface area contributed by atoms with Gasteiger partial charge in [-0.3, -0.25) is 4.79 Å². The van der Waals surface area contributed by atoms with Crippen molar-refractivity contribution in [1.82, 2.24) is 0 Å². The quantitative estimate of drug-likeness (QED) is 0.524. The molecule has 0 bridgehead atoms. The van der Waals surface area contributed by atoms with Crippen molar-refractivity contribution < 1.29 is 19.1 Å². The predicted octanol–water partition coefficient (Wildman–Crippen LogP) is 1.30. The Morgan fingerprint density at radius 2 is 2.38 bits per heavy atom. The summed E-state index contributed by atoms with van der Waals surface area (Å²) in [5.41, 5.74) is 0. The van der Waals surface area contributed by atoms with E-state index in [4.69, 9.17) is 9.47 Å². The molecule has 4 atom stereocenters. The maximum absolute atomic E-state index is 11.6. The number of hydrogen-bond donors (Lipinski definition) is 0. The molecule has 1 heterocycles. The van der Waals surface area contributed by atoms with Crippen molar-refractivity contribution in [2.24, 2.45) is 17.8 Å². The second kappa shape index (κ2) is 4.28. The number of rotatable bonds is 2. The molecule has 1 saturated heterocycles. The lowest BCUT2D eigenvalue weighted by atomic mass is 9.87. The summed E-state index contributed by atoms with van der Waals surface area (Å²) in [7, 11) is 0. The molecule has 0 spiro atoms. The zero-order valence-electron chi connectivity index (χ0n) is 9.35. The normalized spacial score (nSPS) is 37.4. The molecular weight excluding hydrogens is 208 g/mol. The zero-order chi connectivity index (χ0) is 11.7. The summed E-state index contributed by atoms with van der Waals surface area (Å²) in [4.78, 5) is 22.7. The minimum absolute atomic E-state index is 0.0432. The molecule has 2 rings (SSSR count). The van der Waals surface area contributed by atoms with Crippen LogP contribution in [0.4, 0.5) is 0 Å². The molecular formula is C12H16O4. The summed E-state index contributed by atoms with van der Waals surface area (Å²) in [6.45, 7) is 5.80. The van der Waals surface area contributed by atoms with Crippen LogP contribution >= 0.6 is 0 Å². The molecule has 88 valence electrons. The largest absolute Gasteiger partial charge is 0.465 e. The number of esters is 2. The fourth-order valence-corrected chi connectivity index (χ4v) is 2.78. The van der Waals surface area contributed by atoms with E-state index in [0.29, 0.717) is 12.5 Å². The lowest BCUT2D eigenvalue weighted by Gasteiger charge is -2.25. The minimum Gasteiger partial charge on any atom is -0.465 e. The van der Waals surface area contributed by atoms with E-state index in [0.717, 1.165) is 18.9 Å². The summed E-state index contributed by atoms with van der Waals surface area (Å²) in [6, 6.07) is 0. The van der Waals surface area contributed by atoms with Crippen LogP contribution in [0.1, 0.15) is 19.8 Å². The molecule has 0 N–H and O–H groups in total. The van der Waals surface area contributed by atoms with Gasteiger partial charge in [0.2, 0.25) is 0 Å². The molecule has 1 aliphatic carbocycles. The fraction of sp³-hybridized carbons (Fsp3) is 0.667. The molecule has 1 aliphatic heterocycles. The van der Waals surface area contributed by atoms with Gasteiger partial charge in [-0.05, 0) is 18.8 Å². The number of cyclic esters (lactones) is 1. The number of carbonyl (C=O) groups excluding carboxylic acids is 2. The van der Waals surface area contributed by atoms with Gasteiger partial charge in [-0.1, -0.05) is 13.5 Å². The van der Waals surface area contributed by atoms with E-state index in [-0.39, 0.29) is 23.9 Å². The van der Waals surface area contributed by atoms with Crippen molar-refractivity contribution in [3.05, 3.63) is 12.7 Å². The van der Waals surface area contributed by atoms with Crippen LogP contribution in [-0.2, 0) is 19.1 Å². The van der Waals surface area contributed by atoms with Gasteiger partial charge in [0.05, 0.1) is 12.5 Å². The Hall–Kier alpha value is -1.32. The van der Waals surface area contributed by atoms with Gasteiger partial charge in [0.1, 0.15) is 6.10 Å². The highest BCUT2D eigenvalue weighted by atomic mass is 16.5. The van der Waals surface area contributed by atoms with Gasteiger partial charge < -0.3 is 9.47 Å². The van der Waals surface area contributed by atoms with Gasteiger partial charge in [-0.2, -0.15) is 0 Å². The van der Waals surface area contributed by atoms with Gasteiger partial charge in [0.25, 0.3) is 0 Å². The number of fused-ring (bicyclic) bond motifs is 1. The maximum atomic E-state index is 11.6. The molecule has 2 aliphatic rings. The van der Waals surface area contributed by atoms with E-state index < -0.39 is 5.97 Å². The minimum atomic E-state index is -0.413. The number of ether oxygens (including phenoxy) is 2. The lowest BCUT2D eigenvalue weighted by Crippen LogP contribution is -2.33. The molecule has 0 aromatic heterocycles. The average molecular weight is 224 g/mol. The Balaban J connectivity index is 2.06.